The Balaban J connectivity index is 1.69. The van der Waals surface area contributed by atoms with Gasteiger partial charge in [-0.25, -0.2) is 4.98 Å². The molecule has 3 aromatic rings. The number of hydrogen-bond donors (Lipinski definition) is 2. The lowest BCUT2D eigenvalue weighted by Crippen LogP contribution is -2.33. The third-order valence-electron chi connectivity index (χ3n) is 4.68. The quantitative estimate of drug-likeness (QED) is 0.276. The molecule has 0 saturated carbocycles. The first-order chi connectivity index (χ1) is 15.8. The zero-order valence-electron chi connectivity index (χ0n) is 18.3. The van der Waals surface area contributed by atoms with Crippen LogP contribution in [0.15, 0.2) is 53.8 Å². The van der Waals surface area contributed by atoms with Crippen LogP contribution < -0.4 is 10.6 Å². The van der Waals surface area contributed by atoms with E-state index in [1.165, 1.54) is 36.0 Å². The molecule has 3 rings (SSSR count). The normalized spacial score (nSPS) is 11.8. The number of carbonyl (C=O) groups is 2. The Morgan fingerprint density at radius 1 is 1.18 bits per heavy atom. The monoisotopic (exact) mass is 469 g/mol. The maximum absolute atomic E-state index is 12.8. The zero-order valence-corrected chi connectivity index (χ0v) is 19.1. The van der Waals surface area contributed by atoms with Gasteiger partial charge in [0.1, 0.15) is 5.82 Å². The first-order valence-electron chi connectivity index (χ1n) is 10.0. The third-order valence-corrected chi connectivity index (χ3v) is 5.70. The maximum Gasteiger partial charge on any atom is 0.270 e. The Hall–Kier alpha value is -3.80. The zero-order chi connectivity index (χ0) is 24.0. The number of benzene rings is 1. The number of nitro benzene ring substituents is 1. The molecule has 2 heterocycles. The minimum absolute atomic E-state index is 0.0409. The molecular weight excluding hydrogens is 446 g/mol. The highest BCUT2D eigenvalue weighted by Crippen LogP contribution is 2.25. The molecule has 1 aromatic carbocycles. The first-order valence-corrected chi connectivity index (χ1v) is 11.0. The summed E-state index contributed by atoms with van der Waals surface area (Å²) in [5.41, 5.74) is 0.0166. The maximum atomic E-state index is 12.8. The molecule has 0 aliphatic heterocycles. The first kappa shape index (κ1) is 23.9. The molecule has 0 bridgehead atoms. The summed E-state index contributed by atoms with van der Waals surface area (Å²) in [5.74, 6) is 0.351. The number of nitrogens with one attached hydrogen (secondary N) is 2. The van der Waals surface area contributed by atoms with Crippen molar-refractivity contribution in [3.05, 3.63) is 70.2 Å². The molecule has 172 valence electrons. The number of rotatable bonds is 9. The topological polar surface area (TPSA) is 145 Å². The standard InChI is InChI=1S/C21H23N7O4S/c1-13(2)18(24-20(30)14-7-6-8-15(11-14)28(31)32)19-25-26-21(27(19)3)33-12-17(29)23-16-9-4-5-10-22-16/h4-11,13,18H,12H2,1-3H3,(H,24,30)(H,22,23,29)/t18-/m1/s1. The van der Waals surface area contributed by atoms with E-state index in [4.69, 9.17) is 0 Å². The second kappa shape index (κ2) is 10.7. The molecule has 12 heteroatoms. The van der Waals surface area contributed by atoms with E-state index in [2.05, 4.69) is 25.8 Å². The van der Waals surface area contributed by atoms with Gasteiger partial charge in [-0.2, -0.15) is 0 Å². The molecule has 0 fully saturated rings. The van der Waals surface area contributed by atoms with Gasteiger partial charge in [0.25, 0.3) is 11.6 Å². The fourth-order valence-corrected chi connectivity index (χ4v) is 3.70. The second-order valence-corrected chi connectivity index (χ2v) is 8.40. The molecule has 0 aliphatic rings. The average molecular weight is 470 g/mol. The summed E-state index contributed by atoms with van der Waals surface area (Å²) in [7, 11) is 1.75. The van der Waals surface area contributed by atoms with Gasteiger partial charge in [-0.05, 0) is 24.1 Å². The van der Waals surface area contributed by atoms with Crippen LogP contribution in [0.1, 0.15) is 36.1 Å². The van der Waals surface area contributed by atoms with E-state index in [9.17, 15) is 19.7 Å². The van der Waals surface area contributed by atoms with E-state index in [1.54, 1.807) is 36.0 Å². The molecule has 0 unspecified atom stereocenters. The van der Waals surface area contributed by atoms with Crippen molar-refractivity contribution in [3.63, 3.8) is 0 Å². The number of carbonyl (C=O) groups excluding carboxylic acids is 2. The number of hydrogen-bond acceptors (Lipinski definition) is 8. The van der Waals surface area contributed by atoms with Crippen LogP contribution in [0.3, 0.4) is 0 Å². The minimum atomic E-state index is -0.549. The number of amides is 2. The van der Waals surface area contributed by atoms with Gasteiger partial charge in [0, 0.05) is 30.9 Å². The molecule has 2 aromatic heterocycles. The van der Waals surface area contributed by atoms with E-state index in [0.717, 1.165) is 0 Å². The summed E-state index contributed by atoms with van der Waals surface area (Å²) < 4.78 is 1.72. The fraction of sp³-hybridized carbons (Fsp3) is 0.286. The van der Waals surface area contributed by atoms with Crippen LogP contribution in [0, 0.1) is 16.0 Å². The molecular formula is C21H23N7O4S. The Labute approximate surface area is 194 Å². The van der Waals surface area contributed by atoms with Crippen molar-refractivity contribution in [2.24, 2.45) is 13.0 Å². The lowest BCUT2D eigenvalue weighted by molar-refractivity contribution is -0.384. The summed E-state index contributed by atoms with van der Waals surface area (Å²) in [4.78, 5) is 39.5. The van der Waals surface area contributed by atoms with E-state index in [1.807, 2.05) is 13.8 Å². The van der Waals surface area contributed by atoms with Gasteiger partial charge in [0.15, 0.2) is 11.0 Å². The van der Waals surface area contributed by atoms with Crippen LogP contribution in [-0.2, 0) is 11.8 Å². The van der Waals surface area contributed by atoms with Gasteiger partial charge in [-0.1, -0.05) is 37.7 Å². The minimum Gasteiger partial charge on any atom is -0.342 e. The molecule has 0 radical (unpaired) electrons. The molecule has 2 N–H and O–H groups in total. The van der Waals surface area contributed by atoms with Crippen molar-refractivity contribution >= 4 is 35.1 Å². The molecule has 2 amide bonds. The van der Waals surface area contributed by atoms with Crippen LogP contribution in [0.2, 0.25) is 0 Å². The summed E-state index contributed by atoms with van der Waals surface area (Å²) in [5, 5.41) is 25.5. The molecule has 0 saturated heterocycles. The van der Waals surface area contributed by atoms with Crippen molar-refractivity contribution < 1.29 is 14.5 Å². The highest BCUT2D eigenvalue weighted by Gasteiger charge is 2.26. The van der Waals surface area contributed by atoms with Crippen LogP contribution in [0.4, 0.5) is 11.5 Å². The SMILES string of the molecule is CC(C)[C@@H](NC(=O)c1cccc([N+](=O)[O-])c1)c1nnc(SCC(=O)Nc2ccccn2)n1C. The second-order valence-electron chi connectivity index (χ2n) is 7.45. The van der Waals surface area contributed by atoms with Crippen LogP contribution >= 0.6 is 11.8 Å². The Bertz CT molecular complexity index is 1150. The molecule has 33 heavy (non-hydrogen) atoms. The predicted octanol–water partition coefficient (Wildman–Crippen LogP) is 2.98. The van der Waals surface area contributed by atoms with Crippen molar-refractivity contribution in [1.29, 1.82) is 0 Å². The summed E-state index contributed by atoms with van der Waals surface area (Å²) in [6, 6.07) is 10.3. The molecule has 1 atom stereocenters. The largest absolute Gasteiger partial charge is 0.342 e. The van der Waals surface area contributed by atoms with Crippen molar-refractivity contribution in [2.75, 3.05) is 11.1 Å². The molecule has 11 nitrogen and oxygen atoms in total. The van der Waals surface area contributed by atoms with E-state index in [-0.39, 0.29) is 28.8 Å². The number of aromatic nitrogens is 4. The smallest absolute Gasteiger partial charge is 0.270 e. The number of nitro groups is 1. The van der Waals surface area contributed by atoms with Crippen LogP contribution in [-0.4, -0.2) is 42.2 Å². The Morgan fingerprint density at radius 2 is 1.97 bits per heavy atom. The molecule has 0 spiro atoms. The van der Waals surface area contributed by atoms with Crippen LogP contribution in [0.25, 0.3) is 0 Å². The van der Waals surface area contributed by atoms with Gasteiger partial charge in [-0.3, -0.25) is 19.7 Å². The average Bonchev–Trinajstić information content (AvgIpc) is 3.16. The number of pyridine rings is 1. The van der Waals surface area contributed by atoms with Crippen molar-refractivity contribution in [2.45, 2.75) is 25.0 Å². The number of nitrogens with zero attached hydrogens (tertiary/aromatic N) is 5. The van der Waals surface area contributed by atoms with E-state index in [0.29, 0.717) is 16.8 Å². The third kappa shape index (κ3) is 6.13. The fourth-order valence-electron chi connectivity index (χ4n) is 2.98. The number of thioether (sulfide) groups is 1. The van der Waals surface area contributed by atoms with Gasteiger partial charge >= 0.3 is 0 Å². The predicted molar refractivity (Wildman–Crippen MR) is 123 cm³/mol. The van der Waals surface area contributed by atoms with Gasteiger partial charge in [0.05, 0.1) is 16.7 Å². The van der Waals surface area contributed by atoms with Gasteiger partial charge in [0.2, 0.25) is 5.91 Å². The molecule has 0 aliphatic carbocycles. The number of anilines is 1. The number of non-ortho nitro benzene ring substituents is 1. The summed E-state index contributed by atoms with van der Waals surface area (Å²) >= 11 is 1.21. The highest BCUT2D eigenvalue weighted by molar-refractivity contribution is 7.99. The lowest BCUT2D eigenvalue weighted by Gasteiger charge is -2.21. The summed E-state index contributed by atoms with van der Waals surface area (Å²) in [6.45, 7) is 3.83. The van der Waals surface area contributed by atoms with E-state index >= 15 is 0 Å². The van der Waals surface area contributed by atoms with E-state index < -0.39 is 16.9 Å². The van der Waals surface area contributed by atoms with Gasteiger partial charge in [-0.15, -0.1) is 10.2 Å². The Kier molecular flexibility index (Phi) is 7.72. The Morgan fingerprint density at radius 3 is 2.64 bits per heavy atom. The highest BCUT2D eigenvalue weighted by atomic mass is 32.2. The van der Waals surface area contributed by atoms with Crippen molar-refractivity contribution in [1.82, 2.24) is 25.1 Å². The van der Waals surface area contributed by atoms with Crippen LogP contribution in [0.5, 0.6) is 0 Å². The summed E-state index contributed by atoms with van der Waals surface area (Å²) in [6.07, 6.45) is 1.59. The lowest BCUT2D eigenvalue weighted by atomic mass is 10.0. The van der Waals surface area contributed by atoms with Gasteiger partial charge < -0.3 is 15.2 Å². The van der Waals surface area contributed by atoms with Crippen molar-refractivity contribution in [3.8, 4) is 0 Å².